The normalized spacial score (nSPS) is 20.8. The Morgan fingerprint density at radius 1 is 1.24 bits per heavy atom. The van der Waals surface area contributed by atoms with Crippen molar-refractivity contribution in [3.63, 3.8) is 0 Å². The molecule has 29 heavy (non-hydrogen) atoms. The van der Waals surface area contributed by atoms with E-state index in [-0.39, 0.29) is 11.8 Å². The molecule has 2 aromatic rings. The van der Waals surface area contributed by atoms with Crippen LogP contribution in [0.25, 0.3) is 0 Å². The summed E-state index contributed by atoms with van der Waals surface area (Å²) in [4.78, 5) is 30.6. The van der Waals surface area contributed by atoms with E-state index in [2.05, 4.69) is 36.1 Å². The highest BCUT2D eigenvalue weighted by molar-refractivity contribution is 5.95. The number of furan rings is 1. The van der Waals surface area contributed by atoms with Gasteiger partial charge in [-0.25, -0.2) is 0 Å². The summed E-state index contributed by atoms with van der Waals surface area (Å²) >= 11 is 0. The lowest BCUT2D eigenvalue weighted by Crippen LogP contribution is -2.35. The van der Waals surface area contributed by atoms with Crippen LogP contribution in [-0.4, -0.2) is 54.3 Å². The molecule has 1 saturated heterocycles. The van der Waals surface area contributed by atoms with Crippen molar-refractivity contribution in [1.82, 2.24) is 9.80 Å². The van der Waals surface area contributed by atoms with Crippen LogP contribution in [0.2, 0.25) is 0 Å². The number of carbonyl (C=O) groups excluding carboxylic acids is 2. The number of likely N-dealkylation sites (tertiary alicyclic amines) is 1. The number of fused-ring (bicyclic) bond motifs is 1. The predicted molar refractivity (Wildman–Crippen MR) is 112 cm³/mol. The summed E-state index contributed by atoms with van der Waals surface area (Å²) in [6, 6.07) is 10.6. The number of hydrogen-bond donors (Lipinski definition) is 0. The smallest absolute Gasteiger partial charge is 0.257 e. The zero-order valence-corrected chi connectivity index (χ0v) is 17.4. The average molecular weight is 396 g/mol. The molecule has 6 nitrogen and oxygen atoms in total. The number of anilines is 1. The van der Waals surface area contributed by atoms with Crippen molar-refractivity contribution in [1.29, 1.82) is 0 Å². The van der Waals surface area contributed by atoms with Crippen LogP contribution in [0.4, 0.5) is 5.69 Å². The maximum atomic E-state index is 13.1. The van der Waals surface area contributed by atoms with E-state index in [1.807, 2.05) is 11.9 Å². The highest BCUT2D eigenvalue weighted by Crippen LogP contribution is 2.33. The predicted octanol–water partition coefficient (Wildman–Crippen LogP) is 3.17. The Morgan fingerprint density at radius 3 is 2.79 bits per heavy atom. The number of carbonyl (C=O) groups is 2. The summed E-state index contributed by atoms with van der Waals surface area (Å²) in [6.45, 7) is 6.56. The van der Waals surface area contributed by atoms with Crippen molar-refractivity contribution in [3.8, 4) is 0 Å². The molecule has 0 bridgehead atoms. The molecule has 2 amide bonds. The minimum Gasteiger partial charge on any atom is -0.467 e. The summed E-state index contributed by atoms with van der Waals surface area (Å²) < 4.78 is 5.74. The van der Waals surface area contributed by atoms with Crippen molar-refractivity contribution in [2.45, 2.75) is 39.3 Å². The van der Waals surface area contributed by atoms with E-state index in [0.717, 1.165) is 25.9 Å². The Labute approximate surface area is 172 Å². The van der Waals surface area contributed by atoms with E-state index in [1.165, 1.54) is 11.3 Å². The lowest BCUT2D eigenvalue weighted by molar-refractivity contribution is -0.127. The second-order valence-corrected chi connectivity index (χ2v) is 8.37. The number of benzene rings is 1. The molecule has 1 aromatic carbocycles. The Hall–Kier alpha value is -2.76. The minimum absolute atomic E-state index is 0.0184. The van der Waals surface area contributed by atoms with Crippen molar-refractivity contribution in [2.75, 3.05) is 31.6 Å². The van der Waals surface area contributed by atoms with E-state index in [0.29, 0.717) is 36.4 Å². The van der Waals surface area contributed by atoms with Crippen LogP contribution < -0.4 is 4.90 Å². The number of rotatable bonds is 5. The maximum absolute atomic E-state index is 13.1. The summed E-state index contributed by atoms with van der Waals surface area (Å²) in [5.74, 6) is 1.13. The van der Waals surface area contributed by atoms with Gasteiger partial charge in [-0.15, -0.1) is 0 Å². The van der Waals surface area contributed by atoms with Gasteiger partial charge in [-0.3, -0.25) is 9.59 Å². The van der Waals surface area contributed by atoms with Gasteiger partial charge in [0.25, 0.3) is 5.91 Å². The maximum Gasteiger partial charge on any atom is 0.257 e. The molecule has 0 aliphatic carbocycles. The number of amides is 2. The largest absolute Gasteiger partial charge is 0.467 e. The van der Waals surface area contributed by atoms with Crippen molar-refractivity contribution in [3.05, 3.63) is 53.5 Å². The van der Waals surface area contributed by atoms with Crippen LogP contribution in [0.3, 0.4) is 0 Å². The summed E-state index contributed by atoms with van der Waals surface area (Å²) in [7, 11) is 1.84. The third-order valence-electron chi connectivity index (χ3n) is 6.25. The summed E-state index contributed by atoms with van der Waals surface area (Å²) in [5.41, 5.74) is 3.19. The molecule has 4 rings (SSSR count). The van der Waals surface area contributed by atoms with E-state index in [4.69, 9.17) is 4.42 Å². The first-order valence-corrected chi connectivity index (χ1v) is 10.4. The first-order chi connectivity index (χ1) is 13.9. The molecule has 3 heterocycles. The van der Waals surface area contributed by atoms with Gasteiger partial charge in [0, 0.05) is 45.3 Å². The molecule has 0 spiro atoms. The van der Waals surface area contributed by atoms with Gasteiger partial charge in [0.1, 0.15) is 5.76 Å². The molecular weight excluding hydrogens is 366 g/mol. The molecule has 0 saturated carbocycles. The molecule has 2 aliphatic heterocycles. The zero-order valence-electron chi connectivity index (χ0n) is 17.4. The van der Waals surface area contributed by atoms with Gasteiger partial charge >= 0.3 is 0 Å². The van der Waals surface area contributed by atoms with Gasteiger partial charge in [0.15, 0.2) is 0 Å². The van der Waals surface area contributed by atoms with E-state index in [9.17, 15) is 9.59 Å². The third-order valence-corrected chi connectivity index (χ3v) is 6.25. The van der Waals surface area contributed by atoms with Gasteiger partial charge in [-0.2, -0.15) is 0 Å². The lowest BCUT2D eigenvalue weighted by Gasteiger charge is -2.25. The van der Waals surface area contributed by atoms with Crippen LogP contribution in [0.5, 0.6) is 0 Å². The number of para-hydroxylation sites is 1. The zero-order chi connectivity index (χ0) is 20.5. The molecule has 2 unspecified atom stereocenters. The number of hydrogen-bond acceptors (Lipinski definition) is 4. The highest BCUT2D eigenvalue weighted by Gasteiger charge is 2.30. The first-order valence-electron chi connectivity index (χ1n) is 10.4. The molecule has 2 atom stereocenters. The lowest BCUT2D eigenvalue weighted by atomic mass is 10.1. The standard InChI is InChI=1S/C23H29N3O3/c1-16-12-19-6-4-5-7-21(19)26(16)15-22-20(9-11-29-22)23(28)24(3)13-18-8-10-25(14-18)17(2)27/h4-7,9,11,16,18H,8,10,12-15H2,1-3H3. The Kier molecular flexibility index (Phi) is 5.35. The van der Waals surface area contributed by atoms with Gasteiger partial charge in [-0.05, 0) is 43.4 Å². The van der Waals surface area contributed by atoms with Crippen molar-refractivity contribution in [2.24, 2.45) is 5.92 Å². The Morgan fingerprint density at radius 2 is 2.03 bits per heavy atom. The first kappa shape index (κ1) is 19.6. The summed E-state index contributed by atoms with van der Waals surface area (Å²) in [6.07, 6.45) is 3.56. The van der Waals surface area contributed by atoms with Gasteiger partial charge in [0.05, 0.1) is 18.4 Å². The van der Waals surface area contributed by atoms with E-state index >= 15 is 0 Å². The van der Waals surface area contributed by atoms with Crippen LogP contribution in [0.1, 0.15) is 41.9 Å². The Balaban J connectivity index is 1.44. The second-order valence-electron chi connectivity index (χ2n) is 8.37. The molecular formula is C23H29N3O3. The molecule has 2 aliphatic rings. The monoisotopic (exact) mass is 395 g/mol. The molecule has 1 aromatic heterocycles. The van der Waals surface area contributed by atoms with Gasteiger partial charge in [0.2, 0.25) is 5.91 Å². The average Bonchev–Trinajstić information content (AvgIpc) is 3.41. The van der Waals surface area contributed by atoms with Crippen molar-refractivity contribution < 1.29 is 14.0 Å². The highest BCUT2D eigenvalue weighted by atomic mass is 16.3. The summed E-state index contributed by atoms with van der Waals surface area (Å²) in [5, 5.41) is 0. The second kappa shape index (κ2) is 7.93. The number of nitrogens with zero attached hydrogens (tertiary/aromatic N) is 3. The molecule has 154 valence electrons. The van der Waals surface area contributed by atoms with Crippen molar-refractivity contribution >= 4 is 17.5 Å². The van der Waals surface area contributed by atoms with Gasteiger partial charge in [-0.1, -0.05) is 18.2 Å². The molecule has 0 radical (unpaired) electrons. The topological polar surface area (TPSA) is 57.0 Å². The quantitative estimate of drug-likeness (QED) is 0.780. The fraction of sp³-hybridized carbons (Fsp3) is 0.478. The van der Waals surface area contributed by atoms with Crippen LogP contribution in [0, 0.1) is 5.92 Å². The Bertz CT molecular complexity index is 906. The van der Waals surface area contributed by atoms with E-state index < -0.39 is 0 Å². The molecule has 6 heteroatoms. The van der Waals surface area contributed by atoms with Gasteiger partial charge < -0.3 is 19.1 Å². The fourth-order valence-corrected chi connectivity index (χ4v) is 4.62. The van der Waals surface area contributed by atoms with Crippen LogP contribution >= 0.6 is 0 Å². The minimum atomic E-state index is -0.0184. The fourth-order valence-electron chi connectivity index (χ4n) is 4.62. The van der Waals surface area contributed by atoms with E-state index in [1.54, 1.807) is 24.2 Å². The molecule has 0 N–H and O–H groups in total. The molecule has 1 fully saturated rings. The third kappa shape index (κ3) is 3.88. The van der Waals surface area contributed by atoms with Crippen LogP contribution in [0.15, 0.2) is 41.0 Å². The SMILES string of the molecule is CC(=O)N1CCC(CN(C)C(=O)c2ccoc2CN2c3ccccc3CC2C)C1. The van der Waals surface area contributed by atoms with Crippen LogP contribution in [-0.2, 0) is 17.8 Å².